The Morgan fingerprint density at radius 2 is 1.02 bits per heavy atom. The average Bonchev–Trinajstić information content (AvgIpc) is 2.92. The lowest BCUT2D eigenvalue weighted by atomic mass is 9.71. The van der Waals surface area contributed by atoms with Gasteiger partial charge < -0.3 is 9.80 Å². The third-order valence-corrected chi connectivity index (χ3v) is 7.18. The maximum atomic E-state index is 14.6. The molecule has 0 bridgehead atoms. The van der Waals surface area contributed by atoms with E-state index < -0.39 is 68.1 Å². The molecule has 1 saturated carbocycles. The molecule has 0 aromatic heterocycles. The molecule has 2 rings (SSSR count). The number of carbonyl (C=O) groups excluding carboxylic acids is 1. The van der Waals surface area contributed by atoms with Crippen molar-refractivity contribution in [2.24, 2.45) is 0 Å². The number of amides is 1. The zero-order valence-corrected chi connectivity index (χ0v) is 24.4. The first-order chi connectivity index (χ1) is 20.4. The molecule has 1 N–H and O–H groups in total. The Balaban J connectivity index is 0.000000656. The summed E-state index contributed by atoms with van der Waals surface area (Å²) in [6, 6.07) is 0.276. The molecule has 1 fully saturated rings. The number of anilines is 1. The van der Waals surface area contributed by atoms with Crippen molar-refractivity contribution < 1.29 is 67.4 Å². The highest BCUT2D eigenvalue weighted by atomic mass is 19.4. The summed E-state index contributed by atoms with van der Waals surface area (Å²) in [6.45, 7) is 14.8. The second-order valence-corrected chi connectivity index (χ2v) is 10.4. The number of nitro benzene ring substituents is 2. The highest BCUT2D eigenvalue weighted by Gasteiger charge is 3.02. The molecule has 0 heterocycles. The number of alkyl halides is 11. The Morgan fingerprint density at radius 1 is 0.667 bits per heavy atom. The molecule has 0 atom stereocenters. The van der Waals surface area contributed by atoms with Gasteiger partial charge in [0.1, 0.15) is 5.69 Å². The minimum Gasteiger partial charge on any atom is -0.324 e. The molecule has 258 valence electrons. The van der Waals surface area contributed by atoms with Crippen molar-refractivity contribution >= 4 is 23.0 Å². The second-order valence-electron chi connectivity index (χ2n) is 10.4. The minimum absolute atomic E-state index is 0.0327. The number of halogens is 11. The molecule has 0 aliphatic heterocycles. The Morgan fingerprint density at radius 3 is 1.33 bits per heavy atom. The molecule has 0 radical (unpaired) electrons. The van der Waals surface area contributed by atoms with Gasteiger partial charge in [-0.3, -0.25) is 25.0 Å². The average molecular weight is 678 g/mol. The molecular formula is C25H32F11N4O5+. The van der Waals surface area contributed by atoms with Crippen LogP contribution in [-0.4, -0.2) is 81.7 Å². The largest absolute Gasteiger partial charge is 0.384 e. The van der Waals surface area contributed by atoms with E-state index in [9.17, 15) is 73.3 Å². The maximum Gasteiger partial charge on any atom is 0.384 e. The van der Waals surface area contributed by atoms with Crippen LogP contribution in [0.2, 0.25) is 0 Å². The number of rotatable bonds is 12. The van der Waals surface area contributed by atoms with Crippen LogP contribution in [0.1, 0.15) is 53.4 Å². The highest BCUT2D eigenvalue weighted by molar-refractivity contribution is 6.01. The summed E-state index contributed by atoms with van der Waals surface area (Å²) in [5.41, 5.74) is -11.5. The smallest absolute Gasteiger partial charge is 0.324 e. The summed E-state index contributed by atoms with van der Waals surface area (Å²) in [4.78, 5) is 30.3. The standard InChI is InChI=1S/C13H4F11N3O5.C12H28N/c14-8(7(28)25-5-2-1-4(26(29)30)3-6(5)27(31)32)9(15,16)11(19,20)13(23,24)12(21,22)10(8,17)18;1-5-9-13(10-6-2,11-7-3)12-8-4/h1-3H,(H,25,28);5-12H2,1-4H3/q;+1. The van der Waals surface area contributed by atoms with Gasteiger partial charge in [-0.05, 0) is 31.7 Å². The molecule has 0 spiro atoms. The van der Waals surface area contributed by atoms with Crippen molar-refractivity contribution in [2.45, 2.75) is 88.7 Å². The Kier molecular flexibility index (Phi) is 12.0. The van der Waals surface area contributed by atoms with Crippen LogP contribution in [0, 0.1) is 20.2 Å². The second kappa shape index (κ2) is 13.6. The molecule has 1 aromatic carbocycles. The first-order valence-corrected chi connectivity index (χ1v) is 13.5. The number of nitrogens with zero attached hydrogens (tertiary/aromatic N) is 3. The van der Waals surface area contributed by atoms with Gasteiger partial charge in [-0.15, -0.1) is 0 Å². The quantitative estimate of drug-likeness (QED) is 0.105. The lowest BCUT2D eigenvalue weighted by Gasteiger charge is -2.51. The van der Waals surface area contributed by atoms with Crippen LogP contribution in [0.4, 0.5) is 65.4 Å². The van der Waals surface area contributed by atoms with Crippen LogP contribution in [0.25, 0.3) is 0 Å². The maximum absolute atomic E-state index is 14.6. The highest BCUT2D eigenvalue weighted by Crippen LogP contribution is 2.69. The van der Waals surface area contributed by atoms with E-state index in [1.165, 1.54) is 56.3 Å². The number of quaternary nitrogens is 1. The Hall–Kier alpha value is -3.32. The monoisotopic (exact) mass is 677 g/mol. The predicted octanol–water partition coefficient (Wildman–Crippen LogP) is 7.78. The first-order valence-electron chi connectivity index (χ1n) is 13.5. The summed E-state index contributed by atoms with van der Waals surface area (Å²) in [5.74, 6) is -41.4. The molecule has 1 aliphatic rings. The molecule has 1 amide bonds. The summed E-state index contributed by atoms with van der Waals surface area (Å²) < 4.78 is 151. The van der Waals surface area contributed by atoms with Gasteiger partial charge in [0, 0.05) is 6.07 Å². The van der Waals surface area contributed by atoms with Crippen LogP contribution in [0.15, 0.2) is 18.2 Å². The summed E-state index contributed by atoms with van der Waals surface area (Å²) >= 11 is 0. The molecule has 0 unspecified atom stereocenters. The molecule has 45 heavy (non-hydrogen) atoms. The van der Waals surface area contributed by atoms with Gasteiger partial charge >= 0.3 is 35.3 Å². The van der Waals surface area contributed by atoms with Crippen molar-refractivity contribution in [1.29, 1.82) is 0 Å². The number of hydrogen-bond donors (Lipinski definition) is 1. The van der Waals surface area contributed by atoms with Crippen molar-refractivity contribution in [3.05, 3.63) is 38.4 Å². The van der Waals surface area contributed by atoms with Crippen LogP contribution in [0.5, 0.6) is 0 Å². The van der Waals surface area contributed by atoms with Gasteiger partial charge in [0.05, 0.1) is 42.1 Å². The van der Waals surface area contributed by atoms with E-state index in [0.717, 1.165) is 0 Å². The zero-order chi connectivity index (χ0) is 35.4. The molecule has 9 nitrogen and oxygen atoms in total. The fourth-order valence-electron chi connectivity index (χ4n) is 5.17. The van der Waals surface area contributed by atoms with E-state index >= 15 is 0 Å². The molecule has 20 heteroatoms. The fourth-order valence-corrected chi connectivity index (χ4v) is 5.17. The normalized spacial score (nSPS) is 20.3. The van der Waals surface area contributed by atoms with Gasteiger partial charge in [-0.2, -0.15) is 43.9 Å². The lowest BCUT2D eigenvalue weighted by molar-refractivity contribution is -0.928. The fraction of sp³-hybridized carbons (Fsp3) is 0.720. The molecular weight excluding hydrogens is 645 g/mol. The zero-order valence-electron chi connectivity index (χ0n) is 24.4. The van der Waals surface area contributed by atoms with Crippen LogP contribution in [-0.2, 0) is 4.79 Å². The number of nitro groups is 2. The van der Waals surface area contributed by atoms with Crippen molar-refractivity contribution in [3.63, 3.8) is 0 Å². The summed E-state index contributed by atoms with van der Waals surface area (Å²) in [5, 5.41) is 22.0. The molecule has 0 saturated heterocycles. The number of hydrogen-bond acceptors (Lipinski definition) is 5. The van der Waals surface area contributed by atoms with Gasteiger partial charge in [-0.1, -0.05) is 27.7 Å². The number of non-ortho nitro benzene ring substituents is 1. The topological polar surface area (TPSA) is 115 Å². The van der Waals surface area contributed by atoms with Crippen molar-refractivity contribution in [2.75, 3.05) is 31.5 Å². The van der Waals surface area contributed by atoms with E-state index in [-0.39, 0.29) is 18.2 Å². The number of benzene rings is 1. The Bertz CT molecular complexity index is 1190. The lowest BCUT2D eigenvalue weighted by Crippen LogP contribution is -2.86. The minimum atomic E-state index is -7.56. The summed E-state index contributed by atoms with van der Waals surface area (Å²) in [6.07, 6.45) is 5.33. The first kappa shape index (κ1) is 39.7. The number of nitrogens with one attached hydrogen (secondary N) is 1. The summed E-state index contributed by atoms with van der Waals surface area (Å²) in [7, 11) is 0. The Labute approximate surface area is 249 Å². The van der Waals surface area contributed by atoms with E-state index in [4.69, 9.17) is 0 Å². The third-order valence-electron chi connectivity index (χ3n) is 7.18. The molecule has 1 aromatic rings. The van der Waals surface area contributed by atoms with Crippen LogP contribution >= 0.6 is 0 Å². The predicted molar refractivity (Wildman–Crippen MR) is 138 cm³/mol. The van der Waals surface area contributed by atoms with Crippen LogP contribution < -0.4 is 5.32 Å². The van der Waals surface area contributed by atoms with Gasteiger partial charge in [-0.25, -0.2) is 4.39 Å². The van der Waals surface area contributed by atoms with E-state index in [1.54, 1.807) is 0 Å². The van der Waals surface area contributed by atoms with E-state index in [1.807, 2.05) is 0 Å². The molecule has 1 aliphatic carbocycles. The number of carbonyl (C=O) groups is 1. The van der Waals surface area contributed by atoms with E-state index in [0.29, 0.717) is 5.32 Å². The SMILES string of the molecule is CCC[N+](CCC)(CCC)CCC.O=C(Nc1ccc([N+](=O)[O-])cc1[N+](=O)[O-])C1(F)C(F)(F)C(F)(F)C(F)(F)C(F)(F)C1(F)F. The third kappa shape index (κ3) is 6.38. The van der Waals surface area contributed by atoms with E-state index in [2.05, 4.69) is 27.7 Å². The van der Waals surface area contributed by atoms with Gasteiger partial charge in [0.2, 0.25) is 0 Å². The van der Waals surface area contributed by atoms with Crippen molar-refractivity contribution in [3.8, 4) is 0 Å². The van der Waals surface area contributed by atoms with Gasteiger partial charge in [0.15, 0.2) is 0 Å². The van der Waals surface area contributed by atoms with Gasteiger partial charge in [0.25, 0.3) is 17.3 Å². The van der Waals surface area contributed by atoms with Crippen molar-refractivity contribution in [1.82, 2.24) is 0 Å². The van der Waals surface area contributed by atoms with Crippen LogP contribution in [0.3, 0.4) is 0 Å².